The van der Waals surface area contributed by atoms with Gasteiger partial charge in [0.2, 0.25) is 0 Å². The van der Waals surface area contributed by atoms with E-state index in [1.54, 1.807) is 11.1 Å². The summed E-state index contributed by atoms with van der Waals surface area (Å²) in [6.07, 6.45) is 16.2. The molecule has 0 radical (unpaired) electrons. The van der Waals surface area contributed by atoms with E-state index in [-0.39, 0.29) is 10.8 Å². The molecule has 0 saturated heterocycles. The Balaban J connectivity index is 1.70. The summed E-state index contributed by atoms with van der Waals surface area (Å²) in [6, 6.07) is 5.10. The van der Waals surface area contributed by atoms with Crippen molar-refractivity contribution in [2.75, 3.05) is 0 Å². The van der Waals surface area contributed by atoms with Crippen molar-refractivity contribution in [1.82, 2.24) is 18.7 Å². The molecule has 0 aliphatic heterocycles. The largest absolute Gasteiger partial charge is 0.253 e. The van der Waals surface area contributed by atoms with Gasteiger partial charge in [-0.2, -0.15) is 8.75 Å². The fraction of sp³-hybridized carbons (Fsp3) is 0.571. The number of hydrogen-bond acceptors (Lipinski definition) is 7. The second-order valence-electron chi connectivity index (χ2n) is 16.4. The van der Waals surface area contributed by atoms with Gasteiger partial charge in [0.25, 0.3) is 0 Å². The van der Waals surface area contributed by atoms with Gasteiger partial charge >= 0.3 is 0 Å². The van der Waals surface area contributed by atoms with E-state index in [0.29, 0.717) is 11.8 Å². The number of nitrogens with zero attached hydrogens (tertiary/aromatic N) is 4. The Morgan fingerprint density at radius 1 is 0.633 bits per heavy atom. The van der Waals surface area contributed by atoms with Crippen molar-refractivity contribution in [1.29, 1.82) is 0 Å². The molecule has 0 aliphatic rings. The van der Waals surface area contributed by atoms with Gasteiger partial charge < -0.3 is 0 Å². The van der Waals surface area contributed by atoms with E-state index in [0.717, 1.165) is 39.6 Å². The van der Waals surface area contributed by atoms with E-state index in [2.05, 4.69) is 81.4 Å². The highest BCUT2D eigenvalue weighted by molar-refractivity contribution is 7.29. The fourth-order valence-electron chi connectivity index (χ4n) is 7.70. The Bertz CT molecular complexity index is 2070. The highest BCUT2D eigenvalue weighted by Gasteiger charge is 2.30. The van der Waals surface area contributed by atoms with Crippen LogP contribution in [0.3, 0.4) is 0 Å². The third kappa shape index (κ3) is 7.06. The van der Waals surface area contributed by atoms with Gasteiger partial charge in [0.05, 0.1) is 32.2 Å². The molecule has 262 valence electrons. The van der Waals surface area contributed by atoms with Crippen LogP contribution in [0.5, 0.6) is 0 Å². The molecular weight excluding hydrogens is 657 g/mol. The number of rotatable bonds is 13. The van der Waals surface area contributed by atoms with Crippen LogP contribution in [0.15, 0.2) is 24.5 Å². The average molecular weight is 713 g/mol. The van der Waals surface area contributed by atoms with Crippen LogP contribution >= 0.6 is 34.4 Å². The Hall–Kier alpha value is -2.48. The summed E-state index contributed by atoms with van der Waals surface area (Å²) in [7, 11) is 0. The predicted octanol–water partition coefficient (Wildman–Crippen LogP) is 13.8. The summed E-state index contributed by atoms with van der Waals surface area (Å²) in [6.45, 7) is 23.3. The molecule has 0 amide bonds. The fourth-order valence-corrected chi connectivity index (χ4v) is 10.9. The summed E-state index contributed by atoms with van der Waals surface area (Å²) in [5.74, 6) is 1.39. The molecule has 0 aliphatic carbocycles. The number of unbranched alkanes of at least 4 members (excludes halogenated alkanes) is 2. The summed E-state index contributed by atoms with van der Waals surface area (Å²) >= 11 is 5.28. The summed E-state index contributed by atoms with van der Waals surface area (Å²) in [5, 5.41) is 2.97. The molecule has 4 aromatic heterocycles. The van der Waals surface area contributed by atoms with Crippen LogP contribution in [0, 0.1) is 11.8 Å². The number of fused-ring (bicyclic) bond motifs is 5. The van der Waals surface area contributed by atoms with Crippen LogP contribution in [0.25, 0.3) is 52.7 Å². The minimum absolute atomic E-state index is 0.0972. The van der Waals surface area contributed by atoms with Gasteiger partial charge in [-0.15, -0.1) is 22.7 Å². The molecule has 4 heterocycles. The van der Waals surface area contributed by atoms with Crippen molar-refractivity contribution in [2.24, 2.45) is 11.8 Å². The molecule has 2 aromatic carbocycles. The second kappa shape index (κ2) is 14.6. The van der Waals surface area contributed by atoms with Crippen LogP contribution in [0.1, 0.15) is 142 Å². The second-order valence-corrected chi connectivity index (χ2v) is 19.0. The summed E-state index contributed by atoms with van der Waals surface area (Å²) < 4.78 is 12.8. The maximum absolute atomic E-state index is 5.03. The lowest BCUT2D eigenvalue weighted by Gasteiger charge is -2.22. The minimum Gasteiger partial charge on any atom is -0.253 e. The highest BCUT2D eigenvalue weighted by Crippen LogP contribution is 2.50. The Labute approximate surface area is 306 Å². The summed E-state index contributed by atoms with van der Waals surface area (Å²) in [5.41, 5.74) is 9.27. The molecule has 0 bridgehead atoms. The molecule has 49 heavy (non-hydrogen) atoms. The third-order valence-electron chi connectivity index (χ3n) is 10.6. The van der Waals surface area contributed by atoms with Crippen LogP contribution in [0.4, 0.5) is 0 Å². The first-order valence-electron chi connectivity index (χ1n) is 18.8. The molecule has 7 heteroatoms. The van der Waals surface area contributed by atoms with E-state index in [9.17, 15) is 0 Å². The summed E-state index contributed by atoms with van der Waals surface area (Å²) in [4.78, 5) is 12.7. The maximum Gasteiger partial charge on any atom is 0.116 e. The molecule has 0 fully saturated rings. The average Bonchev–Trinajstić information content (AvgIpc) is 3.82. The van der Waals surface area contributed by atoms with E-state index in [1.165, 1.54) is 99.4 Å². The van der Waals surface area contributed by atoms with Crippen molar-refractivity contribution in [3.8, 4) is 10.4 Å². The van der Waals surface area contributed by atoms with Crippen molar-refractivity contribution < 1.29 is 0 Å². The van der Waals surface area contributed by atoms with Gasteiger partial charge in [-0.25, -0.2) is 0 Å². The van der Waals surface area contributed by atoms with E-state index in [4.69, 9.17) is 18.7 Å². The van der Waals surface area contributed by atoms with E-state index in [1.807, 2.05) is 35.1 Å². The lowest BCUT2D eigenvalue weighted by atomic mass is 9.82. The third-order valence-corrected chi connectivity index (χ3v) is 14.0. The Morgan fingerprint density at radius 2 is 1.18 bits per heavy atom. The quantitative estimate of drug-likeness (QED) is 0.120. The normalized spacial score (nSPS) is 14.2. The van der Waals surface area contributed by atoms with Crippen molar-refractivity contribution >= 4 is 76.6 Å². The Kier molecular flexibility index (Phi) is 10.8. The molecule has 0 N–H and O–H groups in total. The number of thiophene rings is 2. The number of benzene rings is 2. The smallest absolute Gasteiger partial charge is 0.116 e. The van der Waals surface area contributed by atoms with E-state index < -0.39 is 0 Å². The van der Waals surface area contributed by atoms with E-state index >= 15 is 0 Å². The lowest BCUT2D eigenvalue weighted by molar-refractivity contribution is 0.436. The first-order chi connectivity index (χ1) is 23.4. The molecule has 2 unspecified atom stereocenters. The molecular formula is C42H56N4S3. The van der Waals surface area contributed by atoms with Crippen molar-refractivity contribution in [2.45, 2.75) is 144 Å². The van der Waals surface area contributed by atoms with Crippen molar-refractivity contribution in [3.05, 3.63) is 46.1 Å². The van der Waals surface area contributed by atoms with Gasteiger partial charge in [-0.1, -0.05) is 121 Å². The van der Waals surface area contributed by atoms with Crippen LogP contribution in [-0.4, -0.2) is 18.7 Å². The monoisotopic (exact) mass is 712 g/mol. The molecule has 0 saturated carbocycles. The van der Waals surface area contributed by atoms with Crippen LogP contribution < -0.4 is 0 Å². The van der Waals surface area contributed by atoms with Gasteiger partial charge in [-0.3, -0.25) is 9.97 Å². The molecule has 6 aromatic rings. The van der Waals surface area contributed by atoms with Crippen LogP contribution in [-0.2, 0) is 23.7 Å². The Morgan fingerprint density at radius 3 is 1.73 bits per heavy atom. The van der Waals surface area contributed by atoms with Gasteiger partial charge in [0, 0.05) is 33.3 Å². The zero-order valence-electron chi connectivity index (χ0n) is 31.5. The topological polar surface area (TPSA) is 51.6 Å². The van der Waals surface area contributed by atoms with Gasteiger partial charge in [-0.05, 0) is 69.5 Å². The number of hydrogen-bond donors (Lipinski definition) is 0. The van der Waals surface area contributed by atoms with Gasteiger partial charge in [0.15, 0.2) is 0 Å². The minimum atomic E-state index is -0.142. The SMILES string of the molecule is CCCCC(CC)Cc1c(CC(CC)CCCC)c2cc(C(C)(C)C)sc2c2sc(-c3c4nccnc4c(C(C)(C)C)c4nsnc34)cc12. The van der Waals surface area contributed by atoms with Gasteiger partial charge in [0.1, 0.15) is 11.0 Å². The zero-order valence-corrected chi connectivity index (χ0v) is 34.0. The first-order valence-corrected chi connectivity index (χ1v) is 21.2. The van der Waals surface area contributed by atoms with Crippen LogP contribution in [0.2, 0.25) is 0 Å². The molecule has 4 nitrogen and oxygen atoms in total. The lowest BCUT2D eigenvalue weighted by Crippen LogP contribution is -2.14. The zero-order chi connectivity index (χ0) is 35.1. The predicted molar refractivity (Wildman–Crippen MR) is 218 cm³/mol. The maximum atomic E-state index is 5.03. The molecule has 2 atom stereocenters. The first kappa shape index (κ1) is 36.3. The molecule has 6 rings (SSSR count). The standard InChI is InChI=1S/C42H56N4S3/c1-11-15-17-25(13-3)21-27-28(22-26(14-4)18-16-12-2)30-24-32(41(5,6)7)48-40(30)39-29(27)23-31(47-39)33-35-37(44-20-19-43-35)34(42(8,9)10)38-36(33)45-49-46-38/h19-20,23-26H,11-18,21-22H2,1-10H3. The number of aromatic nitrogens is 4. The highest BCUT2D eigenvalue weighted by atomic mass is 32.1. The van der Waals surface area contributed by atoms with Crippen molar-refractivity contribution in [3.63, 3.8) is 0 Å². The molecule has 0 spiro atoms.